The predicted molar refractivity (Wildman–Crippen MR) is 333 cm³/mol. The summed E-state index contributed by atoms with van der Waals surface area (Å²) in [5.41, 5.74) is 0. The Morgan fingerprint density at radius 3 is 1.00 bits per heavy atom. The molecule has 76 heavy (non-hydrogen) atoms. The number of carbonyl (C=O) groups excluding carboxylic acids is 2. The van der Waals surface area contributed by atoms with Gasteiger partial charge in [-0.05, 0) is 64.2 Å². The average molecular weight is 1070 g/mol. The van der Waals surface area contributed by atoms with E-state index >= 15 is 0 Å². The topological polar surface area (TPSA) is 95.9 Å². The second kappa shape index (κ2) is 65.6. The number of amides is 1. The smallest absolute Gasteiger partial charge is 0.305 e. The first-order valence-corrected chi connectivity index (χ1v) is 34.3. The van der Waals surface area contributed by atoms with Crippen molar-refractivity contribution in [2.45, 2.75) is 386 Å². The number of rotatable bonds is 64. The molecule has 0 aliphatic carbocycles. The van der Waals surface area contributed by atoms with E-state index in [9.17, 15) is 19.8 Å². The Kier molecular flexibility index (Phi) is 63.9. The van der Waals surface area contributed by atoms with Gasteiger partial charge in [0.1, 0.15) is 0 Å². The van der Waals surface area contributed by atoms with Crippen molar-refractivity contribution in [2.75, 3.05) is 13.2 Å². The van der Waals surface area contributed by atoms with E-state index in [-0.39, 0.29) is 18.5 Å². The van der Waals surface area contributed by atoms with Gasteiger partial charge in [-0.15, -0.1) is 0 Å². The second-order valence-electron chi connectivity index (χ2n) is 23.5. The van der Waals surface area contributed by atoms with Crippen LogP contribution in [-0.2, 0) is 14.3 Å². The zero-order valence-corrected chi connectivity index (χ0v) is 51.3. The molecule has 0 aromatic heterocycles. The van der Waals surface area contributed by atoms with Crippen molar-refractivity contribution in [1.29, 1.82) is 0 Å². The lowest BCUT2D eigenvalue weighted by molar-refractivity contribution is -0.143. The molecular formula is C70H133NO5. The highest BCUT2D eigenvalue weighted by atomic mass is 16.5. The molecule has 2 unspecified atom stereocenters. The van der Waals surface area contributed by atoms with Crippen LogP contribution in [0.2, 0.25) is 0 Å². The van der Waals surface area contributed by atoms with Gasteiger partial charge in [-0.2, -0.15) is 0 Å². The van der Waals surface area contributed by atoms with Crippen molar-refractivity contribution in [3.05, 3.63) is 36.5 Å². The summed E-state index contributed by atoms with van der Waals surface area (Å²) < 4.78 is 5.49. The maximum absolute atomic E-state index is 12.4. The van der Waals surface area contributed by atoms with Crippen LogP contribution < -0.4 is 5.32 Å². The predicted octanol–water partition coefficient (Wildman–Crippen LogP) is 21.9. The van der Waals surface area contributed by atoms with Crippen LogP contribution >= 0.6 is 0 Å². The Morgan fingerprint density at radius 1 is 0.368 bits per heavy atom. The summed E-state index contributed by atoms with van der Waals surface area (Å²) in [7, 11) is 0. The molecule has 0 aromatic rings. The minimum Gasteiger partial charge on any atom is -0.466 e. The van der Waals surface area contributed by atoms with E-state index in [2.05, 4.69) is 43.5 Å². The summed E-state index contributed by atoms with van der Waals surface area (Å²) in [4.78, 5) is 24.5. The highest BCUT2D eigenvalue weighted by Gasteiger charge is 2.18. The van der Waals surface area contributed by atoms with Crippen molar-refractivity contribution in [2.24, 2.45) is 0 Å². The second-order valence-corrected chi connectivity index (χ2v) is 23.5. The molecule has 0 fully saturated rings. The van der Waals surface area contributed by atoms with Crippen molar-refractivity contribution >= 4 is 11.9 Å². The van der Waals surface area contributed by atoms with Crippen LogP contribution in [0.5, 0.6) is 0 Å². The zero-order chi connectivity index (χ0) is 55.0. The molecule has 0 aliphatic rings. The van der Waals surface area contributed by atoms with Gasteiger partial charge in [-0.3, -0.25) is 9.59 Å². The molecule has 1 amide bonds. The fourth-order valence-electron chi connectivity index (χ4n) is 10.7. The molecule has 0 saturated carbocycles. The van der Waals surface area contributed by atoms with Gasteiger partial charge < -0.3 is 20.3 Å². The van der Waals surface area contributed by atoms with Crippen molar-refractivity contribution < 1.29 is 24.5 Å². The molecule has 3 N–H and O–H groups in total. The van der Waals surface area contributed by atoms with Crippen LogP contribution in [0, 0.1) is 0 Å². The van der Waals surface area contributed by atoms with Crippen LogP contribution in [0.15, 0.2) is 36.5 Å². The molecule has 0 aromatic carbocycles. The minimum absolute atomic E-state index is 0.0170. The number of hydrogen-bond acceptors (Lipinski definition) is 5. The van der Waals surface area contributed by atoms with E-state index in [1.165, 1.54) is 302 Å². The lowest BCUT2D eigenvalue weighted by Crippen LogP contribution is -2.45. The van der Waals surface area contributed by atoms with Crippen LogP contribution in [-0.4, -0.2) is 47.4 Å². The zero-order valence-electron chi connectivity index (χ0n) is 51.3. The van der Waals surface area contributed by atoms with Crippen molar-refractivity contribution in [1.82, 2.24) is 5.32 Å². The Bertz CT molecular complexity index is 1230. The number of ether oxygens (including phenoxy) is 1. The Labute approximate surface area is 474 Å². The monoisotopic (exact) mass is 1070 g/mol. The largest absolute Gasteiger partial charge is 0.466 e. The summed E-state index contributed by atoms with van der Waals surface area (Å²) in [6.45, 7) is 4.91. The highest BCUT2D eigenvalue weighted by Crippen LogP contribution is 2.18. The van der Waals surface area contributed by atoms with E-state index in [1.807, 2.05) is 6.08 Å². The van der Waals surface area contributed by atoms with Crippen LogP contribution in [0.3, 0.4) is 0 Å². The average Bonchev–Trinajstić information content (AvgIpc) is 3.42. The summed E-state index contributed by atoms with van der Waals surface area (Å²) in [6.07, 6.45) is 83.7. The number of nitrogens with one attached hydrogen (secondary N) is 1. The molecule has 0 rings (SSSR count). The van der Waals surface area contributed by atoms with Gasteiger partial charge in [0, 0.05) is 12.8 Å². The van der Waals surface area contributed by atoms with Crippen molar-refractivity contribution in [3.8, 4) is 0 Å². The lowest BCUT2D eigenvalue weighted by atomic mass is 10.0. The molecule has 0 radical (unpaired) electrons. The normalized spacial score (nSPS) is 12.7. The molecular weight excluding hydrogens is 935 g/mol. The van der Waals surface area contributed by atoms with Gasteiger partial charge in [0.05, 0.1) is 25.4 Å². The minimum atomic E-state index is -0.841. The number of unbranched alkanes of at least 4 members (excludes halogenated alkanes) is 49. The molecule has 6 nitrogen and oxygen atoms in total. The third-order valence-corrected chi connectivity index (χ3v) is 15.9. The molecule has 448 valence electrons. The fraction of sp³-hybridized carbons (Fsp3) is 0.886. The molecule has 0 spiro atoms. The quantitative estimate of drug-likeness (QED) is 0.0320. The standard InChI is InChI=1S/C70H133NO5/c1-3-5-7-9-11-13-15-16-36-40-44-48-52-56-60-64-70(75)76-65-61-57-53-49-45-41-38-35-33-31-29-27-25-23-21-19-17-18-20-22-24-26-28-30-32-34-37-39-43-47-51-55-59-63-69(74)71-67(66-72)68(73)62-58-54-50-46-42-14-12-10-8-6-4-2/h21,23,27,29,58,62,67-68,72-73H,3-20,22,24-26,28,30-57,59-61,63-66H2,1-2H3,(H,71,74)/b23-21-,29-27-,62-58+. The summed E-state index contributed by atoms with van der Waals surface area (Å²) in [6, 6.07) is -0.625. The fourth-order valence-corrected chi connectivity index (χ4v) is 10.7. The van der Waals surface area contributed by atoms with Gasteiger partial charge in [0.2, 0.25) is 5.91 Å². The van der Waals surface area contributed by atoms with E-state index in [0.29, 0.717) is 19.4 Å². The number of aliphatic hydroxyl groups is 2. The van der Waals surface area contributed by atoms with Gasteiger partial charge in [-0.25, -0.2) is 0 Å². The third kappa shape index (κ3) is 61.3. The molecule has 2 atom stereocenters. The van der Waals surface area contributed by atoms with Gasteiger partial charge in [0.15, 0.2) is 0 Å². The van der Waals surface area contributed by atoms with E-state index in [4.69, 9.17) is 4.74 Å². The van der Waals surface area contributed by atoms with Gasteiger partial charge in [-0.1, -0.05) is 333 Å². The number of allylic oxidation sites excluding steroid dienone is 5. The summed E-state index contributed by atoms with van der Waals surface area (Å²) >= 11 is 0. The van der Waals surface area contributed by atoms with Gasteiger partial charge in [0.25, 0.3) is 0 Å². The van der Waals surface area contributed by atoms with E-state index in [1.54, 1.807) is 6.08 Å². The molecule has 0 heterocycles. The molecule has 6 heteroatoms. The van der Waals surface area contributed by atoms with Gasteiger partial charge >= 0.3 is 5.97 Å². The van der Waals surface area contributed by atoms with Crippen LogP contribution in [0.25, 0.3) is 0 Å². The summed E-state index contributed by atoms with van der Waals surface area (Å²) in [5, 5.41) is 23.0. The molecule has 0 saturated heterocycles. The van der Waals surface area contributed by atoms with Crippen LogP contribution in [0.1, 0.15) is 373 Å². The first kappa shape index (κ1) is 74.1. The van der Waals surface area contributed by atoms with E-state index < -0.39 is 12.1 Å². The SMILES string of the molecule is CCCCCCCCCCC/C=C/C(O)C(CO)NC(=O)CCCCCCCCCCCCCCCCCCC/C=C\C/C=C\CCCCCCCCCCCOC(=O)CCCCCCCCCCCCCCCCC. The Morgan fingerprint density at radius 2 is 0.658 bits per heavy atom. The highest BCUT2D eigenvalue weighted by molar-refractivity contribution is 5.76. The maximum Gasteiger partial charge on any atom is 0.305 e. The maximum atomic E-state index is 12.4. The number of aliphatic hydroxyl groups excluding tert-OH is 2. The van der Waals surface area contributed by atoms with Crippen molar-refractivity contribution in [3.63, 3.8) is 0 Å². The number of carbonyl (C=O) groups is 2. The molecule has 0 aliphatic heterocycles. The Hall–Kier alpha value is -1.92. The first-order chi connectivity index (χ1) is 37.5. The number of hydrogen-bond donors (Lipinski definition) is 3. The Balaban J connectivity index is 3.37. The number of esters is 1. The summed E-state index contributed by atoms with van der Waals surface area (Å²) in [5.74, 6) is -0.0492. The van der Waals surface area contributed by atoms with E-state index in [0.717, 1.165) is 44.9 Å². The molecule has 0 bridgehead atoms. The first-order valence-electron chi connectivity index (χ1n) is 34.3. The third-order valence-electron chi connectivity index (χ3n) is 15.9. The van der Waals surface area contributed by atoms with Crippen LogP contribution in [0.4, 0.5) is 0 Å². The lowest BCUT2D eigenvalue weighted by Gasteiger charge is -2.20.